The predicted molar refractivity (Wildman–Crippen MR) is 140 cm³/mol. The highest BCUT2D eigenvalue weighted by Gasteiger charge is 2.32. The zero-order valence-corrected chi connectivity index (χ0v) is 22.6. The number of benzene rings is 2. The summed E-state index contributed by atoms with van der Waals surface area (Å²) in [7, 11) is 0. The summed E-state index contributed by atoms with van der Waals surface area (Å²) in [5, 5.41) is 0. The summed E-state index contributed by atoms with van der Waals surface area (Å²) in [5.41, 5.74) is 9.62. The van der Waals surface area contributed by atoms with E-state index < -0.39 is 0 Å². The van der Waals surface area contributed by atoms with Crippen molar-refractivity contribution >= 4 is 0 Å². The van der Waals surface area contributed by atoms with E-state index in [1.165, 1.54) is 34.2 Å². The van der Waals surface area contributed by atoms with Gasteiger partial charge in [-0.05, 0) is 74.3 Å². The second-order valence-corrected chi connectivity index (χ2v) is 13.6. The molecule has 2 rings (SSSR count). The Bertz CT molecular complexity index is 848. The van der Waals surface area contributed by atoms with E-state index in [1.54, 1.807) is 5.56 Å². The highest BCUT2D eigenvalue weighted by atomic mass is 14.4. The molecule has 172 valence electrons. The normalized spacial score (nSPS) is 13.5. The summed E-state index contributed by atoms with van der Waals surface area (Å²) in [6, 6.07) is 14.2. The van der Waals surface area contributed by atoms with Crippen molar-refractivity contribution < 1.29 is 0 Å². The molecule has 31 heavy (non-hydrogen) atoms. The number of aryl methyl sites for hydroxylation is 2. The van der Waals surface area contributed by atoms with Gasteiger partial charge in [-0.3, -0.25) is 0 Å². The smallest absolute Gasteiger partial charge is 0.0126 e. The SMILES string of the molecule is CC(C)(C)c1cccc(CCCc2cc(C(C)(C)C)c(C(C)(C)C)c(C(C)(C)C)c2)c1. The van der Waals surface area contributed by atoms with Gasteiger partial charge < -0.3 is 0 Å². The number of hydrogen-bond acceptors (Lipinski definition) is 0. The van der Waals surface area contributed by atoms with E-state index >= 15 is 0 Å². The van der Waals surface area contributed by atoms with Crippen LogP contribution < -0.4 is 0 Å². The predicted octanol–water partition coefficient (Wildman–Crippen LogP) is 9.05. The Kier molecular flexibility index (Phi) is 7.26. The van der Waals surface area contributed by atoms with Crippen LogP contribution in [0.1, 0.15) is 123 Å². The Balaban J connectivity index is 2.38. The van der Waals surface area contributed by atoms with Crippen molar-refractivity contribution in [1.29, 1.82) is 0 Å². The van der Waals surface area contributed by atoms with E-state index in [4.69, 9.17) is 0 Å². The maximum absolute atomic E-state index is 2.52. The highest BCUT2D eigenvalue weighted by molar-refractivity contribution is 5.49. The molecule has 0 heteroatoms. The van der Waals surface area contributed by atoms with Crippen molar-refractivity contribution in [3.63, 3.8) is 0 Å². The molecule has 0 bridgehead atoms. The van der Waals surface area contributed by atoms with Gasteiger partial charge in [-0.25, -0.2) is 0 Å². The van der Waals surface area contributed by atoms with Crippen LogP contribution in [0, 0.1) is 0 Å². The molecule has 0 atom stereocenters. The van der Waals surface area contributed by atoms with E-state index in [0.717, 1.165) is 12.8 Å². The molecule has 0 aliphatic rings. The lowest BCUT2D eigenvalue weighted by molar-refractivity contribution is 0.496. The van der Waals surface area contributed by atoms with Crippen molar-refractivity contribution in [1.82, 2.24) is 0 Å². The Labute approximate surface area is 193 Å². The van der Waals surface area contributed by atoms with Crippen molar-refractivity contribution in [2.75, 3.05) is 0 Å². The van der Waals surface area contributed by atoms with E-state index in [1.807, 2.05) is 0 Å². The average Bonchev–Trinajstić information content (AvgIpc) is 2.58. The van der Waals surface area contributed by atoms with Gasteiger partial charge in [0.2, 0.25) is 0 Å². The molecule has 2 aromatic carbocycles. The molecule has 0 amide bonds. The molecule has 0 nitrogen and oxygen atoms in total. The van der Waals surface area contributed by atoms with Gasteiger partial charge in [0, 0.05) is 0 Å². The first-order valence-corrected chi connectivity index (χ1v) is 12.2. The maximum atomic E-state index is 2.52. The molecule has 0 saturated carbocycles. The molecule has 0 heterocycles. The first kappa shape index (κ1) is 25.7. The van der Waals surface area contributed by atoms with Gasteiger partial charge in [-0.2, -0.15) is 0 Å². The van der Waals surface area contributed by atoms with Gasteiger partial charge in [0.05, 0.1) is 0 Å². The van der Waals surface area contributed by atoms with Crippen molar-refractivity contribution in [3.05, 3.63) is 69.8 Å². The molecule has 0 saturated heterocycles. The summed E-state index contributed by atoms with van der Waals surface area (Å²) >= 11 is 0. The Hall–Kier alpha value is -1.56. The lowest BCUT2D eigenvalue weighted by atomic mass is 9.68. The molecule has 0 aliphatic heterocycles. The topological polar surface area (TPSA) is 0 Å². The van der Waals surface area contributed by atoms with Crippen LogP contribution in [0.15, 0.2) is 36.4 Å². The summed E-state index contributed by atoms with van der Waals surface area (Å²) in [4.78, 5) is 0. The van der Waals surface area contributed by atoms with Crippen LogP contribution in [-0.4, -0.2) is 0 Å². The molecule has 0 spiro atoms. The Morgan fingerprint density at radius 3 is 1.42 bits per heavy atom. The molecule has 0 aliphatic carbocycles. The van der Waals surface area contributed by atoms with Crippen LogP contribution in [0.25, 0.3) is 0 Å². The van der Waals surface area contributed by atoms with Gasteiger partial charge in [0.15, 0.2) is 0 Å². The first-order chi connectivity index (χ1) is 13.9. The number of hydrogen-bond donors (Lipinski definition) is 0. The van der Waals surface area contributed by atoms with Gasteiger partial charge in [-0.1, -0.05) is 119 Å². The van der Waals surface area contributed by atoms with Crippen molar-refractivity contribution in [2.24, 2.45) is 0 Å². The fourth-order valence-electron chi connectivity index (χ4n) is 4.53. The molecular weight excluding hydrogens is 372 g/mol. The first-order valence-electron chi connectivity index (χ1n) is 12.2. The fourth-order valence-corrected chi connectivity index (χ4v) is 4.53. The number of rotatable bonds is 4. The summed E-state index contributed by atoms with van der Waals surface area (Å²) in [6.45, 7) is 28.2. The van der Waals surface area contributed by atoms with E-state index in [9.17, 15) is 0 Å². The molecular formula is C31H48. The third kappa shape index (κ3) is 6.71. The lowest BCUT2D eigenvalue weighted by Gasteiger charge is -2.37. The quantitative estimate of drug-likeness (QED) is 0.462. The summed E-state index contributed by atoms with van der Waals surface area (Å²) in [5.74, 6) is 0. The molecule has 0 unspecified atom stereocenters. The van der Waals surface area contributed by atoms with Crippen LogP contribution in [0.5, 0.6) is 0 Å². The monoisotopic (exact) mass is 420 g/mol. The minimum atomic E-state index is 0.136. The summed E-state index contributed by atoms with van der Waals surface area (Å²) < 4.78 is 0. The molecule has 0 aromatic heterocycles. The zero-order valence-electron chi connectivity index (χ0n) is 22.6. The maximum Gasteiger partial charge on any atom is -0.0126 e. The molecule has 0 N–H and O–H groups in total. The summed E-state index contributed by atoms with van der Waals surface area (Å²) in [6.07, 6.45) is 3.46. The van der Waals surface area contributed by atoms with Crippen LogP contribution in [-0.2, 0) is 34.5 Å². The molecule has 0 radical (unpaired) electrons. The third-order valence-corrected chi connectivity index (χ3v) is 6.29. The largest absolute Gasteiger partial charge is 0.0617 e. The van der Waals surface area contributed by atoms with Gasteiger partial charge >= 0.3 is 0 Å². The van der Waals surface area contributed by atoms with Crippen LogP contribution in [0.4, 0.5) is 0 Å². The minimum absolute atomic E-state index is 0.136. The van der Waals surface area contributed by atoms with E-state index in [0.29, 0.717) is 0 Å². The Morgan fingerprint density at radius 1 is 0.516 bits per heavy atom. The standard InChI is InChI=1S/C31H48/c1-28(2,3)24-18-14-16-22(19-24)15-13-17-23-20-25(29(4,5)6)27(31(10,11)12)26(21-23)30(7,8)9/h14,16,18-21H,13,15,17H2,1-12H3. The van der Waals surface area contributed by atoms with E-state index in [2.05, 4.69) is 119 Å². The van der Waals surface area contributed by atoms with Crippen LogP contribution >= 0.6 is 0 Å². The zero-order chi connectivity index (χ0) is 23.8. The molecule has 0 fully saturated rings. The second-order valence-electron chi connectivity index (χ2n) is 13.6. The molecule has 2 aromatic rings. The second kappa shape index (κ2) is 8.76. The van der Waals surface area contributed by atoms with Crippen LogP contribution in [0.2, 0.25) is 0 Å². The van der Waals surface area contributed by atoms with Crippen LogP contribution in [0.3, 0.4) is 0 Å². The highest BCUT2D eigenvalue weighted by Crippen LogP contribution is 2.41. The minimum Gasteiger partial charge on any atom is -0.0617 e. The Morgan fingerprint density at radius 2 is 1.00 bits per heavy atom. The average molecular weight is 421 g/mol. The van der Waals surface area contributed by atoms with E-state index in [-0.39, 0.29) is 21.7 Å². The third-order valence-electron chi connectivity index (χ3n) is 6.29. The van der Waals surface area contributed by atoms with Gasteiger partial charge in [0.1, 0.15) is 0 Å². The van der Waals surface area contributed by atoms with Crippen molar-refractivity contribution in [3.8, 4) is 0 Å². The van der Waals surface area contributed by atoms with Crippen molar-refractivity contribution in [2.45, 2.75) is 124 Å². The fraction of sp³-hybridized carbons (Fsp3) is 0.613. The van der Waals surface area contributed by atoms with Gasteiger partial charge in [-0.15, -0.1) is 0 Å². The van der Waals surface area contributed by atoms with Gasteiger partial charge in [0.25, 0.3) is 0 Å². The lowest BCUT2D eigenvalue weighted by Crippen LogP contribution is -2.28.